The van der Waals surface area contributed by atoms with Crippen molar-refractivity contribution in [1.29, 1.82) is 0 Å². The van der Waals surface area contributed by atoms with Crippen molar-refractivity contribution >= 4 is 41.8 Å². The van der Waals surface area contributed by atoms with E-state index in [4.69, 9.17) is 33.5 Å². The third-order valence-electron chi connectivity index (χ3n) is 14.6. The molecule has 8 atom stereocenters. The third-order valence-corrected chi connectivity index (χ3v) is 14.6. The zero-order chi connectivity index (χ0) is 61.0. The summed E-state index contributed by atoms with van der Waals surface area (Å²) in [6.07, 6.45) is 11.7. The molecule has 1 aromatic carbocycles. The minimum atomic E-state index is -5.00. The van der Waals surface area contributed by atoms with E-state index in [1.165, 1.54) is 45.4 Å². The van der Waals surface area contributed by atoms with Gasteiger partial charge in [-0.2, -0.15) is 51.7 Å². The Hall–Kier alpha value is -5.52. The summed E-state index contributed by atoms with van der Waals surface area (Å²) in [5.41, 5.74) is -0.854. The van der Waals surface area contributed by atoms with E-state index in [2.05, 4.69) is 46.3 Å². The Balaban J connectivity index is -0.000000222. The monoisotopic (exact) mass is 1230 g/mol. The fourth-order valence-electron chi connectivity index (χ4n) is 9.03. The van der Waals surface area contributed by atoms with Crippen LogP contribution in [0.2, 0.25) is 0 Å². The zero-order valence-corrected chi connectivity index (χ0v) is 55.3. The van der Waals surface area contributed by atoms with Crippen LogP contribution in [0.5, 0.6) is 5.75 Å². The number of ether oxygens (including phenoxy) is 7. The Morgan fingerprint density at radius 1 is 0.605 bits per heavy atom. The predicted molar refractivity (Wildman–Crippen MR) is 335 cm³/mol. The molecule has 1 N–H and O–H groups in total. The van der Waals surface area contributed by atoms with E-state index in [0.29, 0.717) is 51.4 Å². The molecular weight excluding hydrogens is 1110 g/mol. The molecule has 15 nitrogen and oxygen atoms in total. The number of benzene rings is 1. The summed E-state index contributed by atoms with van der Waals surface area (Å²) in [5.74, 6) is -3.82. The molecule has 1 aliphatic heterocycles. The molecule has 5 saturated carbocycles. The fraction of sp³-hybridized carbons (Fsp3) is 0.632. The van der Waals surface area contributed by atoms with Gasteiger partial charge in [-0.15, -0.1) is 0 Å². The highest BCUT2D eigenvalue weighted by Crippen LogP contribution is 2.57. The second-order valence-corrected chi connectivity index (χ2v) is 22.5. The summed E-state index contributed by atoms with van der Waals surface area (Å²) in [5, 5.41) is 8.78. The molecule has 4 bridgehead atoms. The molecule has 1 heterocycles. The molecule has 0 amide bonds. The van der Waals surface area contributed by atoms with E-state index >= 15 is 0 Å². The molecule has 8 unspecified atom stereocenters. The van der Waals surface area contributed by atoms with Crippen LogP contribution in [0.4, 0.5) is 13.2 Å². The standard InChI is InChI=1S/C15H23O2.C11H19O2.C11H13O2.C10H15O4.C8H12F3O3.C7H13O2.6CH3/c1-3-10(2)14(16)17-15-7-11-4-12(8-15)6-13(5-11)9-15;2*1-3-9(2)11(12)13-10-7-5-4-6-8-10;1-4-7(2)9(12)14-10(3)5-8(11)13-6-10;1-4-5(2)6(12)14-7(3,13)8(9,10)11;1-4-6(3)7(8)9-5-2;;;;;;/h10-13H,1,3-9H2,2H3;9-10H,1,3-8H2,2H3;4-9H,1,3H2,2H3;7H,1,4-6H2,2-3H3;5,13H,1,4H2,2-3H3;6H,1,4-5H2,2-3H3;6*1H3/q6*-1;6*+1. The zero-order valence-electron chi connectivity index (χ0n) is 55.3. The van der Waals surface area contributed by atoms with Crippen LogP contribution in [-0.4, -0.2) is 89.4 Å². The van der Waals surface area contributed by atoms with Crippen LogP contribution in [-0.2, 0) is 62.0 Å². The molecule has 0 aromatic heterocycles. The first kappa shape index (κ1) is 91.6. The molecule has 6 fully saturated rings. The third kappa shape index (κ3) is 33.0. The molecule has 496 valence electrons. The van der Waals surface area contributed by atoms with Crippen molar-refractivity contribution < 1.29 is 85.0 Å². The summed E-state index contributed by atoms with van der Waals surface area (Å²) in [6, 6.07) is 9.05. The molecule has 86 heavy (non-hydrogen) atoms. The molecular formula is C68H113F3O15. The first-order valence-electron chi connectivity index (χ1n) is 28.4. The van der Waals surface area contributed by atoms with Gasteiger partial charge in [0.05, 0.1) is 13.0 Å². The smallest absolute Gasteiger partial charge is 0.455 e. The van der Waals surface area contributed by atoms with E-state index < -0.39 is 29.5 Å². The van der Waals surface area contributed by atoms with Crippen molar-refractivity contribution in [1.82, 2.24) is 0 Å². The van der Waals surface area contributed by atoms with Crippen LogP contribution in [0.15, 0.2) is 30.3 Å². The maximum absolute atomic E-state index is 12.0. The molecule has 18 heteroatoms. The van der Waals surface area contributed by atoms with E-state index in [9.17, 15) is 46.7 Å². The molecule has 1 saturated heterocycles. The summed E-state index contributed by atoms with van der Waals surface area (Å²) in [6.45, 7) is 36.7. The van der Waals surface area contributed by atoms with E-state index in [1.807, 2.05) is 39.0 Å². The lowest BCUT2D eigenvalue weighted by Gasteiger charge is -2.55. The second-order valence-electron chi connectivity index (χ2n) is 22.5. The number of rotatable bonds is 18. The van der Waals surface area contributed by atoms with E-state index in [0.717, 1.165) is 49.9 Å². The summed E-state index contributed by atoms with van der Waals surface area (Å²) in [7, 11) is 0. The van der Waals surface area contributed by atoms with E-state index in [1.54, 1.807) is 39.8 Å². The van der Waals surface area contributed by atoms with Crippen LogP contribution in [0.1, 0.15) is 178 Å². The summed E-state index contributed by atoms with van der Waals surface area (Å²) in [4.78, 5) is 78.6. The Kier molecular flexibility index (Phi) is 47.8. The van der Waals surface area contributed by atoms with Gasteiger partial charge < -0.3 is 79.8 Å². The van der Waals surface area contributed by atoms with Crippen molar-refractivity contribution in [2.24, 2.45) is 53.3 Å². The molecule has 7 rings (SSSR count). The molecule has 0 spiro atoms. The highest BCUT2D eigenvalue weighted by atomic mass is 19.4. The lowest BCUT2D eigenvalue weighted by atomic mass is 9.54. The summed E-state index contributed by atoms with van der Waals surface area (Å²) < 4.78 is 71.0. The van der Waals surface area contributed by atoms with Crippen molar-refractivity contribution in [3.63, 3.8) is 0 Å². The maximum atomic E-state index is 12.0. The van der Waals surface area contributed by atoms with Crippen LogP contribution < -0.4 is 4.74 Å². The molecule has 5 aliphatic carbocycles. The molecule has 1 aromatic rings. The average Bonchev–Trinajstić information content (AvgIpc) is 3.77. The predicted octanol–water partition coefficient (Wildman–Crippen LogP) is 15.4. The van der Waals surface area contributed by atoms with Crippen LogP contribution in [0.3, 0.4) is 0 Å². The number of halogens is 3. The van der Waals surface area contributed by atoms with Gasteiger partial charge in [0.15, 0.2) is 5.60 Å². The highest BCUT2D eigenvalue weighted by Gasteiger charge is 2.55. The first-order valence-corrected chi connectivity index (χ1v) is 28.4. The van der Waals surface area contributed by atoms with Crippen LogP contribution >= 0.6 is 0 Å². The number of cyclic esters (lactones) is 1. The minimum absolute atomic E-state index is 0. The van der Waals surface area contributed by atoms with Gasteiger partial charge in [0.1, 0.15) is 24.1 Å². The van der Waals surface area contributed by atoms with Crippen molar-refractivity contribution in [2.75, 3.05) is 13.2 Å². The Morgan fingerprint density at radius 3 is 1.37 bits per heavy atom. The second kappa shape index (κ2) is 44.8. The van der Waals surface area contributed by atoms with Gasteiger partial charge in [0.2, 0.25) is 0 Å². The van der Waals surface area contributed by atoms with Gasteiger partial charge in [-0.25, -0.2) is 0 Å². The van der Waals surface area contributed by atoms with E-state index in [-0.39, 0.29) is 141 Å². The van der Waals surface area contributed by atoms with Crippen molar-refractivity contribution in [2.45, 2.75) is 207 Å². The van der Waals surface area contributed by atoms with Crippen LogP contribution in [0, 0.1) is 139 Å². The SMILES string of the molecule is [CH2-]CC(C)C(=O)OC(C)(O)C(F)(F)F.[CH2-]CC(C)C(=O)OC1(C)COC(=O)C1.[CH2-]CC(C)C(=O)OC12CC3CC(CC(C3)C1)C2.[CH2-]CC(C)C(=O)OC1CCCCC1.[CH2-]CC(C)C(=O)OCC.[CH2-]CC(C)C(=O)Oc1ccccc1.[CH3+].[CH3+].[CH3+].[CH3+].[CH3+].[CH3+]. The number of hydrogen-bond donors (Lipinski definition) is 1. The molecule has 6 aliphatic rings. The first-order chi connectivity index (χ1) is 37.4. The van der Waals surface area contributed by atoms with Gasteiger partial charge in [-0.1, -0.05) is 66.2 Å². The number of aliphatic hydroxyl groups is 1. The highest BCUT2D eigenvalue weighted by molar-refractivity contribution is 5.77. The Labute approximate surface area is 520 Å². The molecule has 0 radical (unpaired) electrons. The number of carbonyl (C=O) groups excluding carboxylic acids is 7. The lowest BCUT2D eigenvalue weighted by Crippen LogP contribution is -2.53. The Bertz CT molecular complexity index is 1990. The summed E-state index contributed by atoms with van der Waals surface area (Å²) >= 11 is 0. The van der Waals surface area contributed by atoms with Gasteiger partial charge in [0.25, 0.3) is 0 Å². The quantitative estimate of drug-likeness (QED) is 0.0477. The topological polar surface area (TPSA) is 204 Å². The van der Waals surface area contributed by atoms with Crippen molar-refractivity contribution in [3.05, 3.63) is 116 Å². The number of carbonyl (C=O) groups is 7. The van der Waals surface area contributed by atoms with Gasteiger partial charge in [0, 0.05) is 87.0 Å². The van der Waals surface area contributed by atoms with Gasteiger partial charge >= 0.3 is 53.7 Å². The maximum Gasteiger partial charge on any atom is 0.455 e. The number of alkyl halides is 3. The minimum Gasteiger partial charge on any atom is -0.466 e. The van der Waals surface area contributed by atoms with Gasteiger partial charge in [-0.3, -0.25) is 33.6 Å². The number of esters is 7. The van der Waals surface area contributed by atoms with Crippen molar-refractivity contribution in [3.8, 4) is 5.75 Å². The lowest BCUT2D eigenvalue weighted by molar-refractivity contribution is -0.344. The largest absolute Gasteiger partial charge is 0.466 e. The number of hydrogen-bond acceptors (Lipinski definition) is 15. The van der Waals surface area contributed by atoms with Crippen LogP contribution in [0.25, 0.3) is 0 Å². The average molecular weight is 1230 g/mol. The normalized spacial score (nSPS) is 22.8. The number of para-hydroxylation sites is 1. The fourth-order valence-corrected chi connectivity index (χ4v) is 9.03. The van der Waals surface area contributed by atoms with Gasteiger partial charge in [-0.05, 0) is 108 Å². The Morgan fingerprint density at radius 2 is 0.988 bits per heavy atom.